The summed E-state index contributed by atoms with van der Waals surface area (Å²) in [6.07, 6.45) is 0.162. The van der Waals surface area contributed by atoms with Gasteiger partial charge in [0, 0.05) is 18.1 Å². The van der Waals surface area contributed by atoms with Gasteiger partial charge in [0.1, 0.15) is 17.6 Å². The molecule has 7 nitrogen and oxygen atoms in total. The summed E-state index contributed by atoms with van der Waals surface area (Å²) in [5, 5.41) is 2.69. The molecule has 0 saturated heterocycles. The van der Waals surface area contributed by atoms with Crippen LogP contribution in [0.25, 0.3) is 0 Å². The summed E-state index contributed by atoms with van der Waals surface area (Å²) in [5.41, 5.74) is -0.0505. The summed E-state index contributed by atoms with van der Waals surface area (Å²) in [6, 6.07) is 2.69. The molecule has 1 amide bonds. The minimum absolute atomic E-state index is 0.0606. The van der Waals surface area contributed by atoms with Gasteiger partial charge >= 0.3 is 6.09 Å². The molecule has 0 aliphatic carbocycles. The maximum absolute atomic E-state index is 12.0. The minimum Gasteiger partial charge on any atom is -0.496 e. The van der Waals surface area contributed by atoms with E-state index in [4.69, 9.17) is 18.9 Å². The van der Waals surface area contributed by atoms with Crippen molar-refractivity contribution in [1.29, 1.82) is 0 Å². The molecular weight excluding hydrogens is 314 g/mol. The maximum atomic E-state index is 12.0. The van der Waals surface area contributed by atoms with E-state index in [2.05, 4.69) is 5.32 Å². The van der Waals surface area contributed by atoms with Crippen LogP contribution in [0.15, 0.2) is 12.1 Å². The molecule has 0 radical (unpaired) electrons. The molecular formula is C17H25NO6. The van der Waals surface area contributed by atoms with Crippen LogP contribution >= 0.6 is 0 Å². The third-order valence-electron chi connectivity index (χ3n) is 3.13. The van der Waals surface area contributed by atoms with Crippen molar-refractivity contribution in [3.8, 4) is 17.2 Å². The Kier molecular flexibility index (Phi) is 6.88. The Bertz CT molecular complexity index is 579. The minimum atomic E-state index is -0.641. The molecule has 0 aliphatic rings. The van der Waals surface area contributed by atoms with Crippen molar-refractivity contribution in [2.45, 2.75) is 38.8 Å². The quantitative estimate of drug-likeness (QED) is 0.769. The van der Waals surface area contributed by atoms with E-state index in [1.807, 2.05) is 0 Å². The van der Waals surface area contributed by atoms with Gasteiger partial charge in [-0.2, -0.15) is 0 Å². The molecule has 0 bridgehead atoms. The van der Waals surface area contributed by atoms with Gasteiger partial charge in [0.2, 0.25) is 0 Å². The first-order valence-corrected chi connectivity index (χ1v) is 7.48. The lowest BCUT2D eigenvalue weighted by molar-refractivity contribution is -0.108. The number of nitrogens with one attached hydrogen (secondary N) is 1. The van der Waals surface area contributed by atoms with Crippen molar-refractivity contribution < 1.29 is 28.5 Å². The zero-order valence-corrected chi connectivity index (χ0v) is 15.0. The Morgan fingerprint density at radius 3 is 2.08 bits per heavy atom. The molecule has 0 spiro atoms. The van der Waals surface area contributed by atoms with Gasteiger partial charge in [-0.1, -0.05) is 0 Å². The van der Waals surface area contributed by atoms with Crippen LogP contribution in [0.2, 0.25) is 0 Å². The summed E-state index contributed by atoms with van der Waals surface area (Å²) < 4.78 is 21.1. The maximum Gasteiger partial charge on any atom is 0.408 e. The molecule has 1 aromatic rings. The zero-order chi connectivity index (χ0) is 18.3. The predicted molar refractivity (Wildman–Crippen MR) is 88.9 cm³/mol. The van der Waals surface area contributed by atoms with Crippen molar-refractivity contribution in [3.05, 3.63) is 17.7 Å². The summed E-state index contributed by atoms with van der Waals surface area (Å²) in [5.74, 6) is 1.42. The zero-order valence-electron chi connectivity index (χ0n) is 15.0. The second-order valence-corrected chi connectivity index (χ2v) is 6.05. The van der Waals surface area contributed by atoms with Gasteiger partial charge in [-0.25, -0.2) is 4.79 Å². The van der Waals surface area contributed by atoms with Crippen molar-refractivity contribution >= 4 is 12.4 Å². The number of carbonyl (C=O) groups is 2. The number of carbonyl (C=O) groups excluding carboxylic acids is 2. The fourth-order valence-electron chi connectivity index (χ4n) is 2.13. The lowest BCUT2D eigenvalue weighted by Gasteiger charge is -2.24. The fourth-order valence-corrected chi connectivity index (χ4v) is 2.13. The van der Waals surface area contributed by atoms with Gasteiger partial charge < -0.3 is 29.1 Å². The van der Waals surface area contributed by atoms with Crippen LogP contribution in [-0.2, 0) is 9.53 Å². The van der Waals surface area contributed by atoms with Crippen LogP contribution in [0.1, 0.15) is 38.8 Å². The molecule has 134 valence electrons. The third-order valence-corrected chi connectivity index (χ3v) is 3.13. The van der Waals surface area contributed by atoms with Gasteiger partial charge in [-0.05, 0) is 26.8 Å². The highest BCUT2D eigenvalue weighted by Crippen LogP contribution is 2.38. The highest BCUT2D eigenvalue weighted by atomic mass is 16.6. The van der Waals surface area contributed by atoms with Crippen LogP contribution in [0.3, 0.4) is 0 Å². The lowest BCUT2D eigenvalue weighted by atomic mass is 10.0. The van der Waals surface area contributed by atoms with Gasteiger partial charge in [0.25, 0.3) is 0 Å². The SMILES string of the molecule is COc1cc(OC)c([C@@H](CC=O)NC(=O)OC(C)(C)C)cc1OC. The number of benzene rings is 1. The van der Waals surface area contributed by atoms with Gasteiger partial charge in [-0.3, -0.25) is 0 Å². The second kappa shape index (κ2) is 8.42. The topological polar surface area (TPSA) is 83.1 Å². The molecule has 1 N–H and O–H groups in total. The molecule has 7 heteroatoms. The Morgan fingerprint density at radius 1 is 1.08 bits per heavy atom. The summed E-state index contributed by atoms with van der Waals surface area (Å²) in [4.78, 5) is 23.1. The molecule has 0 aromatic heterocycles. The number of hydrogen-bond acceptors (Lipinski definition) is 6. The normalized spacial score (nSPS) is 12.1. The molecule has 0 saturated carbocycles. The van der Waals surface area contributed by atoms with E-state index in [1.54, 1.807) is 32.9 Å². The average molecular weight is 339 g/mol. The molecule has 0 fully saturated rings. The second-order valence-electron chi connectivity index (χ2n) is 6.05. The van der Waals surface area contributed by atoms with E-state index in [1.165, 1.54) is 21.3 Å². The Hall–Kier alpha value is -2.44. The van der Waals surface area contributed by atoms with Crippen molar-refractivity contribution in [1.82, 2.24) is 5.32 Å². The number of rotatable bonds is 7. The highest BCUT2D eigenvalue weighted by Gasteiger charge is 2.24. The van der Waals surface area contributed by atoms with E-state index < -0.39 is 17.7 Å². The highest BCUT2D eigenvalue weighted by molar-refractivity contribution is 5.70. The summed E-state index contributed by atoms with van der Waals surface area (Å²) in [7, 11) is 4.51. The Balaban J connectivity index is 3.19. The van der Waals surface area contributed by atoms with Crippen LogP contribution < -0.4 is 19.5 Å². The first kappa shape index (κ1) is 19.6. The van der Waals surface area contributed by atoms with Gasteiger partial charge in [0.05, 0.1) is 27.4 Å². The standard InChI is InChI=1S/C17H25NO6/c1-17(2,3)24-16(20)18-12(7-8-19)11-9-14(22-5)15(23-6)10-13(11)21-4/h8-10,12H,7H2,1-6H3,(H,18,20)/t12-/m1/s1. The third kappa shape index (κ3) is 5.33. The van der Waals surface area contributed by atoms with Crippen molar-refractivity contribution in [2.24, 2.45) is 0 Å². The van der Waals surface area contributed by atoms with Crippen molar-refractivity contribution in [2.75, 3.05) is 21.3 Å². The lowest BCUT2D eigenvalue weighted by Crippen LogP contribution is -2.35. The number of methoxy groups -OCH3 is 3. The monoisotopic (exact) mass is 339 g/mol. The van der Waals surface area contributed by atoms with E-state index >= 15 is 0 Å². The van der Waals surface area contributed by atoms with Crippen LogP contribution in [0.5, 0.6) is 17.2 Å². The molecule has 1 rings (SSSR count). The van der Waals surface area contributed by atoms with Gasteiger partial charge in [0.15, 0.2) is 11.5 Å². The number of aldehydes is 1. The molecule has 0 unspecified atom stereocenters. The smallest absolute Gasteiger partial charge is 0.408 e. The molecule has 1 atom stereocenters. The first-order chi connectivity index (χ1) is 11.3. The van der Waals surface area contributed by atoms with E-state index in [9.17, 15) is 9.59 Å². The Morgan fingerprint density at radius 2 is 1.62 bits per heavy atom. The van der Waals surface area contributed by atoms with Crippen molar-refractivity contribution in [3.63, 3.8) is 0 Å². The number of ether oxygens (including phenoxy) is 4. The van der Waals surface area contributed by atoms with E-state index in [0.29, 0.717) is 22.8 Å². The summed E-state index contributed by atoms with van der Waals surface area (Å²) >= 11 is 0. The fraction of sp³-hybridized carbons (Fsp3) is 0.529. The first-order valence-electron chi connectivity index (χ1n) is 7.48. The van der Waals surface area contributed by atoms with Crippen LogP contribution in [-0.4, -0.2) is 39.3 Å². The van der Waals surface area contributed by atoms with E-state index in [0.717, 1.165) is 6.29 Å². The van der Waals surface area contributed by atoms with E-state index in [-0.39, 0.29) is 6.42 Å². The predicted octanol–water partition coefficient (Wildman–Crippen LogP) is 2.87. The van der Waals surface area contributed by atoms with Gasteiger partial charge in [-0.15, -0.1) is 0 Å². The molecule has 24 heavy (non-hydrogen) atoms. The van der Waals surface area contributed by atoms with Crippen LogP contribution in [0, 0.1) is 0 Å². The number of amides is 1. The average Bonchev–Trinajstić information content (AvgIpc) is 2.51. The summed E-state index contributed by atoms with van der Waals surface area (Å²) in [6.45, 7) is 5.29. The number of hydrogen-bond donors (Lipinski definition) is 1. The largest absolute Gasteiger partial charge is 0.496 e. The molecule has 0 heterocycles. The molecule has 0 aliphatic heterocycles. The number of alkyl carbamates (subject to hydrolysis) is 1. The van der Waals surface area contributed by atoms with Crippen LogP contribution in [0.4, 0.5) is 4.79 Å². The Labute approximate surface area is 142 Å². The molecule has 1 aromatic carbocycles.